The number of cyclic esters (lactones) is 1. The van der Waals surface area contributed by atoms with Gasteiger partial charge in [-0.2, -0.15) is 0 Å². The Morgan fingerprint density at radius 2 is 1.14 bits per heavy atom. The van der Waals surface area contributed by atoms with E-state index >= 15 is 0 Å². The van der Waals surface area contributed by atoms with E-state index in [0.29, 0.717) is 6.42 Å². The normalized spacial score (nSPS) is 17.6. The van der Waals surface area contributed by atoms with E-state index in [1.807, 2.05) is 0 Å². The third-order valence-corrected chi connectivity index (χ3v) is 4.57. The van der Waals surface area contributed by atoms with Crippen molar-refractivity contribution >= 4 is 5.97 Å². The van der Waals surface area contributed by atoms with Gasteiger partial charge in [-0.3, -0.25) is 4.79 Å². The predicted octanol–water partition coefficient (Wildman–Crippen LogP) is 6.17. The van der Waals surface area contributed by atoms with Crippen LogP contribution < -0.4 is 0 Å². The molecule has 0 aliphatic carbocycles. The molecule has 0 spiro atoms. The van der Waals surface area contributed by atoms with Crippen molar-refractivity contribution < 1.29 is 9.53 Å². The van der Waals surface area contributed by atoms with Crippen molar-refractivity contribution in [1.29, 1.82) is 0 Å². The monoisotopic (exact) mass is 296 g/mol. The van der Waals surface area contributed by atoms with Crippen molar-refractivity contribution in [2.24, 2.45) is 0 Å². The Kier molecular flexibility index (Phi) is 11.6. The molecule has 0 saturated carbocycles. The molecule has 1 saturated heterocycles. The molecular weight excluding hydrogens is 260 g/mol. The van der Waals surface area contributed by atoms with Crippen LogP contribution in [0.4, 0.5) is 0 Å². The zero-order chi connectivity index (χ0) is 15.2. The molecule has 2 nitrogen and oxygen atoms in total. The highest BCUT2D eigenvalue weighted by Gasteiger charge is 2.27. The number of esters is 1. The van der Waals surface area contributed by atoms with Crippen LogP contribution in [0, 0.1) is 0 Å². The summed E-state index contributed by atoms with van der Waals surface area (Å²) in [7, 11) is 0. The Balaban J connectivity index is 1.64. The van der Waals surface area contributed by atoms with Crippen LogP contribution in [0.5, 0.6) is 0 Å². The number of hydrogen-bond donors (Lipinski definition) is 0. The lowest BCUT2D eigenvalue weighted by Gasteiger charge is -2.25. The fourth-order valence-electron chi connectivity index (χ4n) is 3.09. The number of hydrogen-bond acceptors (Lipinski definition) is 2. The summed E-state index contributed by atoms with van der Waals surface area (Å²) in [4.78, 5) is 10.6. The molecule has 21 heavy (non-hydrogen) atoms. The van der Waals surface area contributed by atoms with Gasteiger partial charge in [0.1, 0.15) is 6.10 Å². The lowest BCUT2D eigenvalue weighted by atomic mass is 10.0. The maximum atomic E-state index is 10.6. The van der Waals surface area contributed by atoms with Gasteiger partial charge in [0.15, 0.2) is 0 Å². The molecule has 1 fully saturated rings. The second-order valence-electron chi connectivity index (χ2n) is 6.70. The maximum Gasteiger partial charge on any atom is 0.309 e. The highest BCUT2D eigenvalue weighted by Crippen LogP contribution is 2.20. The molecule has 1 aliphatic heterocycles. The molecule has 0 bridgehead atoms. The van der Waals surface area contributed by atoms with E-state index in [0.717, 1.165) is 6.42 Å². The average Bonchev–Trinajstić information content (AvgIpc) is 2.45. The molecule has 0 amide bonds. The van der Waals surface area contributed by atoms with Gasteiger partial charge < -0.3 is 4.74 Å². The summed E-state index contributed by atoms with van der Waals surface area (Å²) < 4.78 is 5.01. The van der Waals surface area contributed by atoms with E-state index < -0.39 is 0 Å². The summed E-state index contributed by atoms with van der Waals surface area (Å²) in [6, 6.07) is 0. The highest BCUT2D eigenvalue weighted by molar-refractivity contribution is 5.75. The molecule has 1 atom stereocenters. The van der Waals surface area contributed by atoms with Gasteiger partial charge in [-0.25, -0.2) is 0 Å². The van der Waals surface area contributed by atoms with Crippen LogP contribution in [0.1, 0.15) is 110 Å². The Labute approximate surface area is 132 Å². The third kappa shape index (κ3) is 10.8. The van der Waals surface area contributed by atoms with Gasteiger partial charge in [-0.15, -0.1) is 0 Å². The minimum Gasteiger partial charge on any atom is -0.462 e. The zero-order valence-electron chi connectivity index (χ0n) is 14.2. The lowest BCUT2D eigenvalue weighted by Crippen LogP contribution is -2.32. The van der Waals surface area contributed by atoms with Crippen molar-refractivity contribution in [3.63, 3.8) is 0 Å². The number of carbonyl (C=O) groups excluding carboxylic acids is 1. The Hall–Kier alpha value is -0.530. The summed E-state index contributed by atoms with van der Waals surface area (Å²) in [5, 5.41) is 0. The van der Waals surface area contributed by atoms with Gasteiger partial charge in [0.2, 0.25) is 0 Å². The van der Waals surface area contributed by atoms with E-state index in [1.165, 1.54) is 89.9 Å². The Morgan fingerprint density at radius 3 is 1.52 bits per heavy atom. The molecule has 2 heteroatoms. The smallest absolute Gasteiger partial charge is 0.309 e. The van der Waals surface area contributed by atoms with Gasteiger partial charge in [0, 0.05) is 0 Å². The topological polar surface area (TPSA) is 26.3 Å². The third-order valence-electron chi connectivity index (χ3n) is 4.57. The molecule has 0 radical (unpaired) electrons. The van der Waals surface area contributed by atoms with Crippen LogP contribution in [-0.2, 0) is 9.53 Å². The van der Waals surface area contributed by atoms with Crippen LogP contribution in [0.15, 0.2) is 0 Å². The molecule has 0 unspecified atom stereocenters. The van der Waals surface area contributed by atoms with Crippen molar-refractivity contribution in [3.05, 3.63) is 0 Å². The van der Waals surface area contributed by atoms with E-state index in [-0.39, 0.29) is 12.1 Å². The Bertz CT molecular complexity index is 242. The van der Waals surface area contributed by atoms with E-state index in [9.17, 15) is 4.79 Å². The van der Waals surface area contributed by atoms with Crippen LogP contribution in [0.25, 0.3) is 0 Å². The largest absolute Gasteiger partial charge is 0.462 e. The fraction of sp³-hybridized carbons (Fsp3) is 0.947. The molecule has 124 valence electrons. The summed E-state index contributed by atoms with van der Waals surface area (Å²) in [5.74, 6) is -0.00892. The second kappa shape index (κ2) is 13.2. The fourth-order valence-corrected chi connectivity index (χ4v) is 3.09. The quantitative estimate of drug-likeness (QED) is 0.267. The molecule has 1 aliphatic rings. The Morgan fingerprint density at radius 1 is 0.762 bits per heavy atom. The van der Waals surface area contributed by atoms with E-state index in [4.69, 9.17) is 4.74 Å². The van der Waals surface area contributed by atoms with Gasteiger partial charge in [0.05, 0.1) is 6.42 Å². The van der Waals surface area contributed by atoms with Gasteiger partial charge in [-0.05, 0) is 12.8 Å². The first-order valence-corrected chi connectivity index (χ1v) is 9.52. The molecule has 0 N–H and O–H groups in total. The standard InChI is InChI=1S/C19H36O2/c1-2-3-4-5-6-7-8-9-10-11-12-13-14-15-16-18-17-19(20)21-18/h18H,2-17H2,1H3/t18-/m0/s1. The van der Waals surface area contributed by atoms with Gasteiger partial charge in [0.25, 0.3) is 0 Å². The summed E-state index contributed by atoms with van der Waals surface area (Å²) in [5.41, 5.74) is 0. The van der Waals surface area contributed by atoms with E-state index in [2.05, 4.69) is 6.92 Å². The van der Waals surface area contributed by atoms with Crippen LogP contribution >= 0.6 is 0 Å². The number of carbonyl (C=O) groups is 1. The molecule has 1 rings (SSSR count). The highest BCUT2D eigenvalue weighted by atomic mass is 16.6. The first kappa shape index (κ1) is 18.5. The average molecular weight is 296 g/mol. The number of ether oxygens (including phenoxy) is 1. The van der Waals surface area contributed by atoms with Crippen molar-refractivity contribution in [3.8, 4) is 0 Å². The van der Waals surface area contributed by atoms with Gasteiger partial charge in [-0.1, -0.05) is 90.4 Å². The number of rotatable bonds is 15. The zero-order valence-corrected chi connectivity index (χ0v) is 14.2. The van der Waals surface area contributed by atoms with Crippen LogP contribution in [0.3, 0.4) is 0 Å². The molecular formula is C19H36O2. The molecule has 0 aromatic carbocycles. The predicted molar refractivity (Wildman–Crippen MR) is 89.4 cm³/mol. The summed E-state index contributed by atoms with van der Waals surface area (Å²) >= 11 is 0. The van der Waals surface area contributed by atoms with Crippen LogP contribution in [0.2, 0.25) is 0 Å². The van der Waals surface area contributed by atoms with Crippen LogP contribution in [-0.4, -0.2) is 12.1 Å². The SMILES string of the molecule is CCCCCCCCCCCCCCCC[C@H]1CC(=O)O1. The minimum atomic E-state index is -0.00892. The maximum absolute atomic E-state index is 10.6. The summed E-state index contributed by atoms with van der Waals surface area (Å²) in [6.07, 6.45) is 21.6. The summed E-state index contributed by atoms with van der Waals surface area (Å²) in [6.45, 7) is 2.28. The second-order valence-corrected chi connectivity index (χ2v) is 6.70. The van der Waals surface area contributed by atoms with Crippen molar-refractivity contribution in [2.45, 2.75) is 116 Å². The molecule has 0 aromatic rings. The lowest BCUT2D eigenvalue weighted by molar-refractivity contribution is -0.169. The van der Waals surface area contributed by atoms with Crippen molar-refractivity contribution in [2.75, 3.05) is 0 Å². The van der Waals surface area contributed by atoms with E-state index in [1.54, 1.807) is 0 Å². The van der Waals surface area contributed by atoms with Crippen molar-refractivity contribution in [1.82, 2.24) is 0 Å². The molecule has 1 heterocycles. The number of unbranched alkanes of at least 4 members (excludes halogenated alkanes) is 13. The van der Waals surface area contributed by atoms with Gasteiger partial charge >= 0.3 is 5.97 Å². The molecule has 0 aromatic heterocycles. The minimum absolute atomic E-state index is 0.00892. The first-order chi connectivity index (χ1) is 10.3. The first-order valence-electron chi connectivity index (χ1n) is 9.52.